The monoisotopic (exact) mass is 886 g/mol. The molecule has 2 aliphatic carbocycles. The molecule has 4 heterocycles. The zero-order valence-electron chi connectivity index (χ0n) is 42.0. The van der Waals surface area contributed by atoms with E-state index in [9.17, 15) is 0 Å². The van der Waals surface area contributed by atoms with E-state index in [-0.39, 0.29) is 33.9 Å². The van der Waals surface area contributed by atoms with Gasteiger partial charge in [-0.25, -0.2) is 0 Å². The molecule has 0 radical (unpaired) electrons. The maximum Gasteiger partial charge on any atom is 0.252 e. The molecule has 1 aromatic heterocycles. The van der Waals surface area contributed by atoms with E-state index < -0.39 is 0 Å². The Labute approximate surface area is 404 Å². The average Bonchev–Trinajstić information content (AvgIpc) is 3.86. The number of aryl methyl sites for hydroxylation is 1. The number of rotatable bonds is 3. The van der Waals surface area contributed by atoms with Crippen LogP contribution < -0.4 is 26.2 Å². The van der Waals surface area contributed by atoms with Gasteiger partial charge in [0, 0.05) is 67.0 Å². The molecular weight excluding hydrogens is 822 g/mol. The second-order valence-electron chi connectivity index (χ2n) is 24.2. The molecule has 2 unspecified atom stereocenters. The molecule has 0 bridgehead atoms. The van der Waals surface area contributed by atoms with Crippen LogP contribution >= 0.6 is 0 Å². The second kappa shape index (κ2) is 13.7. The molecule has 68 heavy (non-hydrogen) atoms. The number of benzene rings is 7. The molecule has 1 saturated carbocycles. The minimum Gasteiger partial charge on any atom is -0.334 e. The van der Waals surface area contributed by atoms with Gasteiger partial charge in [-0.2, -0.15) is 0 Å². The maximum atomic E-state index is 2.79. The minimum absolute atomic E-state index is 0.0189. The van der Waals surface area contributed by atoms with Gasteiger partial charge < -0.3 is 14.4 Å². The van der Waals surface area contributed by atoms with Crippen molar-refractivity contribution >= 4 is 62.4 Å². The highest BCUT2D eigenvalue weighted by Crippen LogP contribution is 2.62. The minimum atomic E-state index is -0.181. The van der Waals surface area contributed by atoms with Gasteiger partial charge in [-0.15, -0.1) is 0 Å². The van der Waals surface area contributed by atoms with Crippen molar-refractivity contribution in [1.29, 1.82) is 0 Å². The quantitative estimate of drug-likeness (QED) is 0.164. The van der Waals surface area contributed by atoms with Crippen LogP contribution in [0.2, 0.25) is 0 Å². The third-order valence-corrected chi connectivity index (χ3v) is 17.8. The summed E-state index contributed by atoms with van der Waals surface area (Å²) in [6, 6.07) is 54.9. The van der Waals surface area contributed by atoms with Crippen LogP contribution in [0.15, 0.2) is 140 Å². The highest BCUT2D eigenvalue weighted by molar-refractivity contribution is 7.00. The number of anilines is 5. The summed E-state index contributed by atoms with van der Waals surface area (Å²) in [5.41, 5.74) is 26.7. The van der Waals surface area contributed by atoms with Crippen LogP contribution in [-0.2, 0) is 21.7 Å². The highest BCUT2D eigenvalue weighted by atomic mass is 15.3. The topological polar surface area (TPSA) is 11.4 Å². The van der Waals surface area contributed by atoms with Crippen LogP contribution in [0.25, 0.3) is 38.8 Å². The first-order valence-corrected chi connectivity index (χ1v) is 25.4. The lowest BCUT2D eigenvalue weighted by molar-refractivity contribution is 0.195. The fraction of sp³-hybridized carbons (Fsp3) is 0.312. The molecule has 8 aromatic rings. The molecule has 338 valence electrons. The number of hydrogen-bond acceptors (Lipinski definition) is 2. The van der Waals surface area contributed by atoms with Gasteiger partial charge in [-0.3, -0.25) is 0 Å². The molecule has 0 amide bonds. The smallest absolute Gasteiger partial charge is 0.252 e. The molecule has 1 fully saturated rings. The Hall–Kier alpha value is -6.26. The molecule has 3 aliphatic heterocycles. The van der Waals surface area contributed by atoms with Crippen molar-refractivity contribution in [3.8, 4) is 27.9 Å². The summed E-state index contributed by atoms with van der Waals surface area (Å²) in [5, 5.41) is 1.36. The normalized spacial score (nSPS) is 20.5. The van der Waals surface area contributed by atoms with Crippen LogP contribution in [-0.4, -0.2) is 16.8 Å². The Morgan fingerprint density at radius 3 is 2.00 bits per heavy atom. The van der Waals surface area contributed by atoms with Crippen molar-refractivity contribution in [2.75, 3.05) is 9.80 Å². The van der Waals surface area contributed by atoms with Crippen molar-refractivity contribution in [1.82, 2.24) is 4.57 Å². The molecule has 4 heteroatoms. The molecule has 3 nitrogen and oxygen atoms in total. The Bertz CT molecular complexity index is 3470. The number of fused-ring (bicyclic) bond motifs is 12. The Morgan fingerprint density at radius 1 is 0.544 bits per heavy atom. The van der Waals surface area contributed by atoms with Crippen molar-refractivity contribution < 1.29 is 0 Å². The van der Waals surface area contributed by atoms with E-state index >= 15 is 0 Å². The van der Waals surface area contributed by atoms with Crippen molar-refractivity contribution in [3.05, 3.63) is 173 Å². The van der Waals surface area contributed by atoms with E-state index in [1.807, 2.05) is 0 Å². The molecule has 0 N–H and O–H groups in total. The number of para-hydroxylation sites is 1. The third-order valence-electron chi connectivity index (χ3n) is 17.8. The fourth-order valence-corrected chi connectivity index (χ4v) is 14.1. The summed E-state index contributed by atoms with van der Waals surface area (Å²) in [6.07, 6.45) is 4.87. The second-order valence-corrected chi connectivity index (χ2v) is 24.2. The van der Waals surface area contributed by atoms with E-state index in [1.54, 1.807) is 0 Å². The SMILES string of the molecule is Cc1cc2c3c(c1)-n1c4c(c5cccc(c51)B3c1ccc(N3c5ccc(C(C)(C)C)cc5C5(C)CCCCC35C)cc1N2c1ccc(C(C)(C)C)cc1-c1ccccc1)-c1ccccc1C4(C)C. The van der Waals surface area contributed by atoms with Gasteiger partial charge in [0.1, 0.15) is 0 Å². The van der Waals surface area contributed by atoms with E-state index in [0.29, 0.717) is 0 Å². The lowest BCUT2D eigenvalue weighted by Gasteiger charge is -2.50. The maximum absolute atomic E-state index is 2.79. The molecule has 0 spiro atoms. The van der Waals surface area contributed by atoms with E-state index in [4.69, 9.17) is 0 Å². The number of aromatic nitrogens is 1. The zero-order valence-corrected chi connectivity index (χ0v) is 42.0. The van der Waals surface area contributed by atoms with Gasteiger partial charge in [0.15, 0.2) is 0 Å². The van der Waals surface area contributed by atoms with Gasteiger partial charge in [0.25, 0.3) is 6.71 Å². The van der Waals surface area contributed by atoms with Crippen LogP contribution in [0.4, 0.5) is 28.4 Å². The zero-order chi connectivity index (χ0) is 47.0. The van der Waals surface area contributed by atoms with Crippen LogP contribution in [0, 0.1) is 6.92 Å². The summed E-state index contributed by atoms with van der Waals surface area (Å²) in [4.78, 5) is 5.48. The standard InChI is InChI=1S/C64H64BN3/c1-39-34-54-57-55(35-39)67-58-45(56-44-22-15-16-24-47(44)62(8,9)59(56)67)23-19-25-50(58)65(57)49-29-28-43(68-52-31-27-42(61(5,6)7)37-48(52)63(10)32-17-18-33-64(63,68)11)38-53(49)66(54)51-30-26-41(60(2,3)4)36-46(51)40-20-13-12-14-21-40/h12-16,19-31,34-38H,17-18,32-33H2,1-11H3. The first kappa shape index (κ1) is 41.9. The molecule has 2 atom stereocenters. The fourth-order valence-electron chi connectivity index (χ4n) is 14.1. The summed E-state index contributed by atoms with van der Waals surface area (Å²) < 4.78 is 2.71. The van der Waals surface area contributed by atoms with Gasteiger partial charge in [0.2, 0.25) is 0 Å². The van der Waals surface area contributed by atoms with Gasteiger partial charge in [-0.05, 0) is 135 Å². The third kappa shape index (κ3) is 5.38. The van der Waals surface area contributed by atoms with Crippen molar-refractivity contribution in [2.45, 2.75) is 129 Å². The van der Waals surface area contributed by atoms with Crippen molar-refractivity contribution in [3.63, 3.8) is 0 Å². The Kier molecular flexibility index (Phi) is 8.45. The van der Waals surface area contributed by atoms with Gasteiger partial charge >= 0.3 is 0 Å². The van der Waals surface area contributed by atoms with Crippen LogP contribution in [0.3, 0.4) is 0 Å². The van der Waals surface area contributed by atoms with E-state index in [0.717, 1.165) is 6.42 Å². The summed E-state index contributed by atoms with van der Waals surface area (Å²) >= 11 is 0. The molecule has 13 rings (SSSR count). The Balaban J connectivity index is 1.13. The van der Waals surface area contributed by atoms with E-state index in [1.165, 1.54) is 136 Å². The molecule has 0 saturated heterocycles. The molecule has 5 aliphatic rings. The first-order chi connectivity index (χ1) is 32.4. The van der Waals surface area contributed by atoms with Gasteiger partial charge in [0.05, 0.1) is 11.2 Å². The number of hydrogen-bond donors (Lipinski definition) is 0. The predicted octanol–water partition coefficient (Wildman–Crippen LogP) is 14.9. The van der Waals surface area contributed by atoms with Gasteiger partial charge in [-0.1, -0.05) is 172 Å². The number of nitrogens with zero attached hydrogens (tertiary/aromatic N) is 3. The highest BCUT2D eigenvalue weighted by Gasteiger charge is 2.58. The van der Waals surface area contributed by atoms with Crippen LogP contribution in [0.5, 0.6) is 0 Å². The van der Waals surface area contributed by atoms with Crippen molar-refractivity contribution in [2.24, 2.45) is 0 Å². The average molecular weight is 886 g/mol. The molecular formula is C64H64BN3. The van der Waals surface area contributed by atoms with E-state index in [2.05, 4.69) is 230 Å². The largest absolute Gasteiger partial charge is 0.334 e. The van der Waals surface area contributed by atoms with Crippen LogP contribution in [0.1, 0.15) is 128 Å². The molecule has 7 aromatic carbocycles. The predicted molar refractivity (Wildman–Crippen MR) is 291 cm³/mol. The lowest BCUT2D eigenvalue weighted by atomic mass is 9.33. The summed E-state index contributed by atoms with van der Waals surface area (Å²) in [6.45, 7) is 26.5. The lowest BCUT2D eigenvalue weighted by Crippen LogP contribution is -2.61. The Morgan fingerprint density at radius 2 is 1.24 bits per heavy atom. The summed E-state index contributed by atoms with van der Waals surface area (Å²) in [7, 11) is 0. The summed E-state index contributed by atoms with van der Waals surface area (Å²) in [5.74, 6) is 0. The first-order valence-electron chi connectivity index (χ1n) is 25.4.